The maximum Gasteiger partial charge on any atom is 0.247 e. The van der Waals surface area contributed by atoms with Crippen molar-refractivity contribution in [3.8, 4) is 17.0 Å². The number of pyridine rings is 1. The minimum absolute atomic E-state index is 0.130. The van der Waals surface area contributed by atoms with E-state index < -0.39 is 0 Å². The number of hydrogen-bond donors (Lipinski definition) is 2. The second kappa shape index (κ2) is 10.7. The first-order valence-electron chi connectivity index (χ1n) is 11.9. The maximum atomic E-state index is 12.6. The Bertz CT molecular complexity index is 1460. The van der Waals surface area contributed by atoms with E-state index in [1.807, 2.05) is 97.1 Å². The summed E-state index contributed by atoms with van der Waals surface area (Å²) in [5, 5.41) is 11.2. The van der Waals surface area contributed by atoms with Gasteiger partial charge in [0.15, 0.2) is 11.4 Å². The lowest BCUT2D eigenvalue weighted by atomic mass is 10.1. The lowest BCUT2D eigenvalue weighted by Crippen LogP contribution is -2.06. The molecule has 0 aliphatic carbocycles. The van der Waals surface area contributed by atoms with Gasteiger partial charge in [-0.3, -0.25) is 4.79 Å². The first-order chi connectivity index (χ1) is 17.7. The van der Waals surface area contributed by atoms with Gasteiger partial charge < -0.3 is 15.4 Å². The van der Waals surface area contributed by atoms with Crippen LogP contribution in [0.5, 0.6) is 5.75 Å². The Hall–Kier alpha value is -4.65. The fraction of sp³-hybridized carbons (Fsp3) is 0.138. The van der Waals surface area contributed by atoms with E-state index in [0.29, 0.717) is 17.9 Å². The Morgan fingerprint density at radius 3 is 2.50 bits per heavy atom. The molecule has 0 bridgehead atoms. The molecular weight excluding hydrogens is 450 g/mol. The Balaban J connectivity index is 1.22. The van der Waals surface area contributed by atoms with Crippen LogP contribution in [0.1, 0.15) is 23.2 Å². The number of hydrogen-bond acceptors (Lipinski definition) is 6. The highest BCUT2D eigenvalue weighted by atomic mass is 16.5. The predicted molar refractivity (Wildman–Crippen MR) is 143 cm³/mol. The number of anilines is 3. The van der Waals surface area contributed by atoms with E-state index in [1.54, 1.807) is 11.6 Å². The van der Waals surface area contributed by atoms with Gasteiger partial charge in [0.2, 0.25) is 5.95 Å². The molecule has 0 unspecified atom stereocenters. The lowest BCUT2D eigenvalue weighted by Gasteiger charge is -2.07. The third-order valence-electron chi connectivity index (χ3n) is 5.87. The summed E-state index contributed by atoms with van der Waals surface area (Å²) in [5.74, 6) is 1.40. The van der Waals surface area contributed by atoms with E-state index >= 15 is 0 Å². The molecule has 0 spiro atoms. The van der Waals surface area contributed by atoms with Crippen molar-refractivity contribution in [1.82, 2.24) is 14.6 Å². The van der Waals surface area contributed by atoms with Crippen molar-refractivity contribution in [3.05, 3.63) is 103 Å². The van der Waals surface area contributed by atoms with Gasteiger partial charge in [0, 0.05) is 35.5 Å². The minimum Gasteiger partial charge on any atom is -0.497 e. The number of aromatic nitrogens is 3. The number of nitrogens with one attached hydrogen (secondary N) is 2. The molecule has 0 aliphatic heterocycles. The molecule has 2 N–H and O–H groups in total. The van der Waals surface area contributed by atoms with Crippen molar-refractivity contribution in [2.45, 2.75) is 12.8 Å². The maximum absolute atomic E-state index is 12.6. The number of carbonyl (C=O) groups is 1. The molecule has 180 valence electrons. The number of methoxy groups -OCH3 is 1. The monoisotopic (exact) mass is 477 g/mol. The Morgan fingerprint density at radius 2 is 1.69 bits per heavy atom. The Labute approximate surface area is 209 Å². The Kier molecular flexibility index (Phi) is 6.89. The first-order valence-corrected chi connectivity index (χ1v) is 11.9. The number of nitrogens with zero attached hydrogens (tertiary/aromatic N) is 3. The largest absolute Gasteiger partial charge is 0.497 e. The van der Waals surface area contributed by atoms with Gasteiger partial charge in [0.05, 0.1) is 12.8 Å². The van der Waals surface area contributed by atoms with Gasteiger partial charge in [-0.2, -0.15) is 4.98 Å². The SMILES string of the molecule is COc1cccc(-c2cccc3nc(Nc4ccc(C(=O)CCCNc5ccccc5)cc4)nn23)c1. The zero-order chi connectivity index (χ0) is 24.7. The normalized spacial score (nSPS) is 10.8. The van der Waals surface area contributed by atoms with Crippen molar-refractivity contribution < 1.29 is 9.53 Å². The number of rotatable bonds is 10. The van der Waals surface area contributed by atoms with Gasteiger partial charge in [-0.15, -0.1) is 5.10 Å². The van der Waals surface area contributed by atoms with Gasteiger partial charge in [-0.25, -0.2) is 4.52 Å². The van der Waals surface area contributed by atoms with Crippen molar-refractivity contribution in [2.75, 3.05) is 24.3 Å². The summed E-state index contributed by atoms with van der Waals surface area (Å²) >= 11 is 0. The zero-order valence-electron chi connectivity index (χ0n) is 20.0. The van der Waals surface area contributed by atoms with Crippen LogP contribution in [0, 0.1) is 0 Å². The van der Waals surface area contributed by atoms with Crippen LogP contribution in [0.3, 0.4) is 0 Å². The van der Waals surface area contributed by atoms with E-state index in [1.165, 1.54) is 0 Å². The summed E-state index contributed by atoms with van der Waals surface area (Å²) in [6.07, 6.45) is 1.27. The molecule has 2 heterocycles. The summed E-state index contributed by atoms with van der Waals surface area (Å²) < 4.78 is 7.16. The van der Waals surface area contributed by atoms with Crippen LogP contribution in [-0.4, -0.2) is 34.0 Å². The average molecular weight is 478 g/mol. The fourth-order valence-electron chi connectivity index (χ4n) is 4.01. The van der Waals surface area contributed by atoms with Crippen molar-refractivity contribution in [3.63, 3.8) is 0 Å². The molecule has 36 heavy (non-hydrogen) atoms. The fourth-order valence-corrected chi connectivity index (χ4v) is 4.01. The smallest absolute Gasteiger partial charge is 0.247 e. The molecule has 0 aliphatic rings. The molecule has 0 saturated carbocycles. The van der Waals surface area contributed by atoms with E-state index in [9.17, 15) is 4.79 Å². The molecule has 2 aromatic heterocycles. The summed E-state index contributed by atoms with van der Waals surface area (Å²) in [6.45, 7) is 0.757. The summed E-state index contributed by atoms with van der Waals surface area (Å²) in [6, 6.07) is 31.2. The highest BCUT2D eigenvalue weighted by molar-refractivity contribution is 5.96. The van der Waals surface area contributed by atoms with E-state index in [-0.39, 0.29) is 5.78 Å². The molecule has 0 atom stereocenters. The van der Waals surface area contributed by atoms with Crippen LogP contribution in [0.4, 0.5) is 17.3 Å². The quantitative estimate of drug-likeness (QED) is 0.184. The van der Waals surface area contributed by atoms with E-state index in [2.05, 4.69) is 20.7 Å². The van der Waals surface area contributed by atoms with Gasteiger partial charge in [-0.1, -0.05) is 36.4 Å². The Morgan fingerprint density at radius 1 is 0.889 bits per heavy atom. The summed E-state index contributed by atoms with van der Waals surface area (Å²) in [7, 11) is 1.65. The van der Waals surface area contributed by atoms with Gasteiger partial charge in [0.1, 0.15) is 5.75 Å². The average Bonchev–Trinajstić information content (AvgIpc) is 3.34. The predicted octanol–water partition coefficient (Wildman–Crippen LogP) is 6.22. The number of Topliss-reactive ketones (excluding diaryl/α,β-unsaturated/α-hetero) is 1. The van der Waals surface area contributed by atoms with Crippen molar-refractivity contribution in [1.29, 1.82) is 0 Å². The number of fused-ring (bicyclic) bond motifs is 1. The standard InChI is InChI=1S/C29H27N5O2/c1-36-25-11-5-8-22(20-25)26-12-6-14-28-32-29(33-34(26)28)31-24-17-15-21(16-18-24)27(35)13-7-19-30-23-9-3-2-4-10-23/h2-6,8-12,14-18,20,30H,7,13,19H2,1H3,(H,31,33). The molecule has 0 radical (unpaired) electrons. The van der Waals surface area contributed by atoms with Crippen LogP contribution in [0.2, 0.25) is 0 Å². The van der Waals surface area contributed by atoms with E-state index in [0.717, 1.165) is 47.0 Å². The highest BCUT2D eigenvalue weighted by Crippen LogP contribution is 2.25. The third kappa shape index (κ3) is 5.36. The molecule has 0 amide bonds. The number of ketones is 1. The van der Waals surface area contributed by atoms with Gasteiger partial charge in [-0.05, 0) is 67.1 Å². The van der Waals surface area contributed by atoms with Crippen molar-refractivity contribution >= 4 is 28.8 Å². The highest BCUT2D eigenvalue weighted by Gasteiger charge is 2.11. The topological polar surface area (TPSA) is 80.5 Å². The summed E-state index contributed by atoms with van der Waals surface area (Å²) in [4.78, 5) is 17.2. The second-order valence-electron chi connectivity index (χ2n) is 8.37. The summed E-state index contributed by atoms with van der Waals surface area (Å²) in [5.41, 5.74) is 5.21. The zero-order valence-corrected chi connectivity index (χ0v) is 20.0. The number of benzene rings is 3. The number of para-hydroxylation sites is 1. The van der Waals surface area contributed by atoms with Crippen molar-refractivity contribution in [2.24, 2.45) is 0 Å². The van der Waals surface area contributed by atoms with Crippen LogP contribution in [-0.2, 0) is 0 Å². The molecule has 0 saturated heterocycles. The third-order valence-corrected chi connectivity index (χ3v) is 5.87. The molecular formula is C29H27N5O2. The van der Waals surface area contributed by atoms with E-state index in [4.69, 9.17) is 4.74 Å². The number of carbonyl (C=O) groups excluding carboxylic acids is 1. The lowest BCUT2D eigenvalue weighted by molar-refractivity contribution is 0.0981. The van der Waals surface area contributed by atoms with Crippen LogP contribution in [0.25, 0.3) is 16.9 Å². The second-order valence-corrected chi connectivity index (χ2v) is 8.37. The molecule has 7 nitrogen and oxygen atoms in total. The molecule has 3 aromatic carbocycles. The van der Waals surface area contributed by atoms with Gasteiger partial charge >= 0.3 is 0 Å². The van der Waals surface area contributed by atoms with Crippen LogP contribution >= 0.6 is 0 Å². The molecule has 5 rings (SSSR count). The minimum atomic E-state index is 0.130. The van der Waals surface area contributed by atoms with Gasteiger partial charge in [0.25, 0.3) is 0 Å². The van der Waals surface area contributed by atoms with Crippen LogP contribution < -0.4 is 15.4 Å². The molecule has 0 fully saturated rings. The molecule has 7 heteroatoms. The number of ether oxygens (including phenoxy) is 1. The van der Waals surface area contributed by atoms with Crippen LogP contribution in [0.15, 0.2) is 97.1 Å². The molecule has 5 aromatic rings. The first kappa shape index (κ1) is 23.1.